The molecule has 7 heteroatoms. The minimum Gasteiger partial charge on any atom is -0.481 e. The molecule has 0 saturated heterocycles. The Kier molecular flexibility index (Phi) is 6.92. The monoisotopic (exact) mass is 458 g/mol. The molecule has 0 bridgehead atoms. The normalized spacial score (nSPS) is 12.9. The van der Waals surface area contributed by atoms with Gasteiger partial charge in [0, 0.05) is 18.0 Å². The number of fused-ring (bicyclic) bond motifs is 3. The van der Waals surface area contributed by atoms with E-state index >= 15 is 0 Å². The van der Waals surface area contributed by atoms with Crippen molar-refractivity contribution in [2.24, 2.45) is 0 Å². The molecule has 0 saturated carbocycles. The van der Waals surface area contributed by atoms with Crippen LogP contribution in [-0.2, 0) is 14.3 Å². The highest BCUT2D eigenvalue weighted by Crippen LogP contribution is 2.44. The standard InChI is InChI=1S/C27H26N2O5/c1-17-10-12-18(13-11-17)28-26(32)24(14-15-25(30)31)29-27(33)34-16-23-21-8-4-2-6-19(21)20-7-3-5-9-22(20)23/h2-13,23-24H,14-16H2,1H3,(H,28,32)(H,29,33)(H,30,31). The van der Waals surface area contributed by atoms with Gasteiger partial charge in [-0.2, -0.15) is 0 Å². The molecule has 1 aliphatic carbocycles. The Morgan fingerprint density at radius 2 is 1.50 bits per heavy atom. The molecule has 3 N–H and O–H groups in total. The van der Waals surface area contributed by atoms with Crippen LogP contribution in [0.25, 0.3) is 11.1 Å². The number of hydrogen-bond donors (Lipinski definition) is 3. The van der Waals surface area contributed by atoms with Crippen LogP contribution >= 0.6 is 0 Å². The molecule has 7 nitrogen and oxygen atoms in total. The Labute approximate surface area is 197 Å². The molecular formula is C27H26N2O5. The lowest BCUT2D eigenvalue weighted by atomic mass is 9.98. The van der Waals surface area contributed by atoms with Crippen molar-refractivity contribution in [1.82, 2.24) is 5.32 Å². The van der Waals surface area contributed by atoms with Crippen LogP contribution in [0.3, 0.4) is 0 Å². The number of aryl methyl sites for hydroxylation is 1. The van der Waals surface area contributed by atoms with Gasteiger partial charge in [0.1, 0.15) is 12.6 Å². The number of rotatable bonds is 8. The Hall–Kier alpha value is -4.13. The molecule has 34 heavy (non-hydrogen) atoms. The van der Waals surface area contributed by atoms with Gasteiger partial charge in [-0.1, -0.05) is 66.2 Å². The highest BCUT2D eigenvalue weighted by molar-refractivity contribution is 5.96. The van der Waals surface area contributed by atoms with Gasteiger partial charge in [-0.25, -0.2) is 4.79 Å². The zero-order valence-corrected chi connectivity index (χ0v) is 18.8. The van der Waals surface area contributed by atoms with Crippen molar-refractivity contribution >= 4 is 23.7 Å². The van der Waals surface area contributed by atoms with Crippen molar-refractivity contribution in [2.75, 3.05) is 11.9 Å². The second kappa shape index (κ2) is 10.2. The summed E-state index contributed by atoms with van der Waals surface area (Å²) < 4.78 is 5.52. The Bertz CT molecular complexity index is 1160. The van der Waals surface area contributed by atoms with Crippen LogP contribution in [0, 0.1) is 6.92 Å². The number of ether oxygens (including phenoxy) is 1. The van der Waals surface area contributed by atoms with Crippen molar-refractivity contribution in [1.29, 1.82) is 0 Å². The molecule has 0 heterocycles. The van der Waals surface area contributed by atoms with Crippen LogP contribution in [-0.4, -0.2) is 35.7 Å². The van der Waals surface area contributed by atoms with E-state index in [9.17, 15) is 14.4 Å². The molecule has 0 spiro atoms. The summed E-state index contributed by atoms with van der Waals surface area (Å²) in [5.41, 5.74) is 5.99. The number of hydrogen-bond acceptors (Lipinski definition) is 4. The minimum atomic E-state index is -1.05. The van der Waals surface area contributed by atoms with E-state index in [-0.39, 0.29) is 25.4 Å². The maximum atomic E-state index is 12.8. The highest BCUT2D eigenvalue weighted by atomic mass is 16.5. The Balaban J connectivity index is 1.42. The average Bonchev–Trinajstić information content (AvgIpc) is 3.15. The van der Waals surface area contributed by atoms with Gasteiger partial charge in [0.05, 0.1) is 0 Å². The first-order valence-electron chi connectivity index (χ1n) is 11.1. The summed E-state index contributed by atoms with van der Waals surface area (Å²) in [5, 5.41) is 14.3. The molecule has 2 amide bonds. The fourth-order valence-corrected chi connectivity index (χ4v) is 4.19. The molecule has 0 aromatic heterocycles. The van der Waals surface area contributed by atoms with E-state index in [0.717, 1.165) is 27.8 Å². The summed E-state index contributed by atoms with van der Waals surface area (Å²) in [5.74, 6) is -1.67. The number of amides is 2. The van der Waals surface area contributed by atoms with Gasteiger partial charge in [-0.05, 0) is 47.7 Å². The van der Waals surface area contributed by atoms with Gasteiger partial charge in [-0.15, -0.1) is 0 Å². The number of anilines is 1. The van der Waals surface area contributed by atoms with Gasteiger partial charge in [-0.3, -0.25) is 9.59 Å². The zero-order chi connectivity index (χ0) is 24.1. The van der Waals surface area contributed by atoms with Gasteiger partial charge in [0.25, 0.3) is 0 Å². The molecular weight excluding hydrogens is 432 g/mol. The Morgan fingerprint density at radius 1 is 0.912 bits per heavy atom. The third kappa shape index (κ3) is 5.26. The third-order valence-corrected chi connectivity index (χ3v) is 5.92. The molecule has 0 fully saturated rings. The van der Waals surface area contributed by atoms with Crippen molar-refractivity contribution in [3.63, 3.8) is 0 Å². The first-order valence-corrected chi connectivity index (χ1v) is 11.1. The van der Waals surface area contributed by atoms with Gasteiger partial charge in [0.2, 0.25) is 5.91 Å². The zero-order valence-electron chi connectivity index (χ0n) is 18.8. The highest BCUT2D eigenvalue weighted by Gasteiger charge is 2.30. The summed E-state index contributed by atoms with van der Waals surface area (Å²) in [7, 11) is 0. The van der Waals surface area contributed by atoms with Gasteiger partial charge >= 0.3 is 12.1 Å². The lowest BCUT2D eigenvalue weighted by Gasteiger charge is -2.19. The number of benzene rings is 3. The van der Waals surface area contributed by atoms with Gasteiger partial charge in [0.15, 0.2) is 0 Å². The molecule has 4 rings (SSSR count). The maximum Gasteiger partial charge on any atom is 0.407 e. The summed E-state index contributed by atoms with van der Waals surface area (Å²) in [6, 6.07) is 22.1. The van der Waals surface area contributed by atoms with Crippen molar-refractivity contribution < 1.29 is 24.2 Å². The number of carboxylic acids is 1. The van der Waals surface area contributed by atoms with Crippen LogP contribution in [0.2, 0.25) is 0 Å². The fourth-order valence-electron chi connectivity index (χ4n) is 4.19. The average molecular weight is 459 g/mol. The quantitative estimate of drug-likeness (QED) is 0.454. The van der Waals surface area contributed by atoms with E-state index in [2.05, 4.69) is 10.6 Å². The molecule has 0 aliphatic heterocycles. The van der Waals surface area contributed by atoms with E-state index in [1.165, 1.54) is 0 Å². The summed E-state index contributed by atoms with van der Waals surface area (Å²) in [4.78, 5) is 36.4. The molecule has 0 radical (unpaired) electrons. The van der Waals surface area contributed by atoms with E-state index in [4.69, 9.17) is 9.84 Å². The number of nitrogens with one attached hydrogen (secondary N) is 2. The van der Waals surface area contributed by atoms with E-state index in [1.54, 1.807) is 12.1 Å². The minimum absolute atomic E-state index is 0.0583. The second-order valence-electron chi connectivity index (χ2n) is 8.31. The van der Waals surface area contributed by atoms with Gasteiger partial charge < -0.3 is 20.5 Å². The lowest BCUT2D eigenvalue weighted by molar-refractivity contribution is -0.137. The third-order valence-electron chi connectivity index (χ3n) is 5.92. The first kappa shape index (κ1) is 23.0. The lowest BCUT2D eigenvalue weighted by Crippen LogP contribution is -2.44. The summed E-state index contributed by atoms with van der Waals surface area (Å²) in [6.45, 7) is 2.03. The maximum absolute atomic E-state index is 12.8. The number of carbonyl (C=O) groups excluding carboxylic acids is 2. The fraction of sp³-hybridized carbons (Fsp3) is 0.222. The summed E-state index contributed by atoms with van der Waals surface area (Å²) >= 11 is 0. The topological polar surface area (TPSA) is 105 Å². The van der Waals surface area contributed by atoms with Crippen molar-refractivity contribution in [3.05, 3.63) is 89.5 Å². The smallest absolute Gasteiger partial charge is 0.407 e. The van der Waals surface area contributed by atoms with Crippen molar-refractivity contribution in [2.45, 2.75) is 31.7 Å². The van der Waals surface area contributed by atoms with Crippen LogP contribution in [0.4, 0.5) is 10.5 Å². The molecule has 1 atom stereocenters. The number of aliphatic carboxylic acids is 1. The predicted molar refractivity (Wildman–Crippen MR) is 129 cm³/mol. The molecule has 3 aromatic carbocycles. The van der Waals surface area contributed by atoms with Crippen LogP contribution in [0.1, 0.15) is 35.4 Å². The van der Waals surface area contributed by atoms with E-state index < -0.39 is 24.0 Å². The Morgan fingerprint density at radius 3 is 2.09 bits per heavy atom. The van der Waals surface area contributed by atoms with Crippen molar-refractivity contribution in [3.8, 4) is 11.1 Å². The summed E-state index contributed by atoms with van der Waals surface area (Å²) in [6.07, 6.45) is -1.09. The van der Waals surface area contributed by atoms with Crippen LogP contribution in [0.15, 0.2) is 72.8 Å². The predicted octanol–water partition coefficient (Wildman–Crippen LogP) is 4.71. The van der Waals surface area contributed by atoms with Crippen LogP contribution < -0.4 is 10.6 Å². The molecule has 3 aromatic rings. The molecule has 1 unspecified atom stereocenters. The molecule has 1 aliphatic rings. The number of carboxylic acid groups (broad SMARTS) is 1. The number of carbonyl (C=O) groups is 3. The van der Waals surface area contributed by atoms with E-state index in [1.807, 2.05) is 67.6 Å². The molecule has 174 valence electrons. The SMILES string of the molecule is Cc1ccc(NC(=O)C(CCC(=O)O)NC(=O)OCC2c3ccccc3-c3ccccc32)cc1. The largest absolute Gasteiger partial charge is 0.481 e. The second-order valence-corrected chi connectivity index (χ2v) is 8.31. The number of alkyl carbamates (subject to hydrolysis) is 1. The van der Waals surface area contributed by atoms with E-state index in [0.29, 0.717) is 5.69 Å². The first-order chi connectivity index (χ1) is 16.4. The van der Waals surface area contributed by atoms with Crippen LogP contribution in [0.5, 0.6) is 0 Å².